The second-order valence-corrected chi connectivity index (χ2v) is 3.71. The van der Waals surface area contributed by atoms with Crippen molar-refractivity contribution in [1.82, 2.24) is 0 Å². The largest absolute Gasteiger partial charge is 1.00 e. The SMILES string of the molecule is CC(O)(c1ccccc1)c1cccc[nH+]1.[Cl-]. The van der Waals surface area contributed by atoms with E-state index in [1.54, 1.807) is 6.92 Å². The van der Waals surface area contributed by atoms with Crippen LogP contribution >= 0.6 is 0 Å². The second-order valence-electron chi connectivity index (χ2n) is 3.71. The highest BCUT2D eigenvalue weighted by molar-refractivity contribution is 5.28. The summed E-state index contributed by atoms with van der Waals surface area (Å²) >= 11 is 0. The Balaban J connectivity index is 0.00000128. The summed E-state index contributed by atoms with van der Waals surface area (Å²) in [6.45, 7) is 1.79. The van der Waals surface area contributed by atoms with Gasteiger partial charge in [0.2, 0.25) is 5.69 Å². The van der Waals surface area contributed by atoms with Gasteiger partial charge in [0.25, 0.3) is 0 Å². The topological polar surface area (TPSA) is 34.4 Å². The summed E-state index contributed by atoms with van der Waals surface area (Å²) in [5.74, 6) is 0. The molecule has 2 rings (SSSR count). The highest BCUT2D eigenvalue weighted by atomic mass is 35.5. The molecule has 2 aromatic rings. The summed E-state index contributed by atoms with van der Waals surface area (Å²) in [5.41, 5.74) is 0.700. The number of benzene rings is 1. The Morgan fingerprint density at radius 1 is 1.00 bits per heavy atom. The van der Waals surface area contributed by atoms with Gasteiger partial charge in [-0.05, 0) is 18.6 Å². The third kappa shape index (κ3) is 2.40. The van der Waals surface area contributed by atoms with Gasteiger partial charge in [0.1, 0.15) is 0 Å². The number of halogens is 1. The first-order valence-corrected chi connectivity index (χ1v) is 4.96. The molecule has 2 nitrogen and oxygen atoms in total. The third-order valence-corrected chi connectivity index (χ3v) is 2.57. The lowest BCUT2D eigenvalue weighted by molar-refractivity contribution is -0.404. The van der Waals surface area contributed by atoms with Crippen LogP contribution in [0.5, 0.6) is 0 Å². The van der Waals surface area contributed by atoms with Crippen molar-refractivity contribution in [1.29, 1.82) is 0 Å². The fourth-order valence-electron chi connectivity index (χ4n) is 1.61. The molecule has 0 aliphatic heterocycles. The minimum Gasteiger partial charge on any atom is -1.00 e. The number of aromatic amines is 1. The number of hydrogen-bond acceptors (Lipinski definition) is 1. The highest BCUT2D eigenvalue weighted by Crippen LogP contribution is 2.25. The maximum absolute atomic E-state index is 10.4. The van der Waals surface area contributed by atoms with Gasteiger partial charge < -0.3 is 17.5 Å². The first-order chi connectivity index (χ1) is 7.21. The van der Waals surface area contributed by atoms with Gasteiger partial charge in [-0.15, -0.1) is 0 Å². The maximum atomic E-state index is 10.4. The Kier molecular flexibility index (Phi) is 4.05. The van der Waals surface area contributed by atoms with Gasteiger partial charge in [0.05, 0.1) is 0 Å². The summed E-state index contributed by atoms with van der Waals surface area (Å²) in [7, 11) is 0. The molecule has 0 fully saturated rings. The number of pyridine rings is 1. The van der Waals surface area contributed by atoms with Crippen molar-refractivity contribution in [2.24, 2.45) is 0 Å². The molecule has 2 N–H and O–H groups in total. The van der Waals surface area contributed by atoms with Gasteiger partial charge in [-0.1, -0.05) is 30.3 Å². The zero-order valence-corrected chi connectivity index (χ0v) is 9.78. The molecule has 0 aliphatic carbocycles. The van der Waals surface area contributed by atoms with E-state index in [1.165, 1.54) is 0 Å². The molecule has 1 unspecified atom stereocenters. The zero-order chi connectivity index (χ0) is 10.7. The third-order valence-electron chi connectivity index (χ3n) is 2.57. The molecule has 0 aliphatic rings. The van der Waals surface area contributed by atoms with Crippen LogP contribution in [0.3, 0.4) is 0 Å². The molecule has 1 aromatic heterocycles. The van der Waals surface area contributed by atoms with E-state index in [0.717, 1.165) is 11.3 Å². The molecular weight excluding hydrogens is 222 g/mol. The van der Waals surface area contributed by atoms with E-state index in [4.69, 9.17) is 0 Å². The van der Waals surface area contributed by atoms with Crippen molar-refractivity contribution in [3.8, 4) is 0 Å². The van der Waals surface area contributed by atoms with Gasteiger partial charge in [-0.25, -0.2) is 4.98 Å². The summed E-state index contributed by atoms with van der Waals surface area (Å²) in [4.78, 5) is 3.06. The molecule has 0 spiro atoms. The van der Waals surface area contributed by atoms with Gasteiger partial charge in [0.15, 0.2) is 11.8 Å². The van der Waals surface area contributed by atoms with Crippen LogP contribution in [0.4, 0.5) is 0 Å². The number of aromatic nitrogens is 1. The van der Waals surface area contributed by atoms with E-state index in [1.807, 2.05) is 54.7 Å². The number of hydrogen-bond donors (Lipinski definition) is 1. The molecule has 0 saturated carbocycles. The minimum absolute atomic E-state index is 0. The first kappa shape index (κ1) is 12.7. The fourth-order valence-corrected chi connectivity index (χ4v) is 1.61. The van der Waals surface area contributed by atoms with Crippen molar-refractivity contribution in [3.63, 3.8) is 0 Å². The van der Waals surface area contributed by atoms with Gasteiger partial charge >= 0.3 is 0 Å². The smallest absolute Gasteiger partial charge is 0.215 e. The van der Waals surface area contributed by atoms with E-state index < -0.39 is 5.60 Å². The average molecular weight is 236 g/mol. The predicted molar refractivity (Wildman–Crippen MR) is 58.1 cm³/mol. The lowest BCUT2D eigenvalue weighted by atomic mass is 9.92. The Labute approximate surface area is 101 Å². The van der Waals surface area contributed by atoms with Crippen LogP contribution in [0.25, 0.3) is 0 Å². The molecular formula is C13H14ClNO. The fraction of sp³-hybridized carbons (Fsp3) is 0.154. The molecule has 1 atom stereocenters. The average Bonchev–Trinajstić information content (AvgIpc) is 2.31. The van der Waals surface area contributed by atoms with Crippen LogP contribution in [0.15, 0.2) is 54.7 Å². The summed E-state index contributed by atoms with van der Waals surface area (Å²) in [6.07, 6.45) is 1.81. The van der Waals surface area contributed by atoms with Crippen molar-refractivity contribution in [2.45, 2.75) is 12.5 Å². The van der Waals surface area contributed by atoms with Crippen LogP contribution in [0.1, 0.15) is 18.2 Å². The molecule has 1 heterocycles. The Morgan fingerprint density at radius 3 is 2.19 bits per heavy atom. The molecule has 0 amide bonds. The summed E-state index contributed by atoms with van der Waals surface area (Å²) < 4.78 is 0. The van der Waals surface area contributed by atoms with Crippen LogP contribution < -0.4 is 17.4 Å². The molecule has 16 heavy (non-hydrogen) atoms. The molecule has 0 radical (unpaired) electrons. The van der Waals surface area contributed by atoms with Gasteiger partial charge in [0, 0.05) is 12.1 Å². The Hall–Kier alpha value is -1.38. The van der Waals surface area contributed by atoms with Crippen molar-refractivity contribution in [2.75, 3.05) is 0 Å². The van der Waals surface area contributed by atoms with Gasteiger partial charge in [-0.2, -0.15) is 0 Å². The number of aliphatic hydroxyl groups is 1. The minimum atomic E-state index is -0.970. The summed E-state index contributed by atoms with van der Waals surface area (Å²) in [6, 6.07) is 15.3. The molecule has 3 heteroatoms. The molecule has 0 saturated heterocycles. The number of nitrogens with one attached hydrogen (secondary N) is 1. The number of rotatable bonds is 2. The Morgan fingerprint density at radius 2 is 1.62 bits per heavy atom. The van der Waals surface area contributed by atoms with E-state index >= 15 is 0 Å². The predicted octanol–water partition coefficient (Wildman–Crippen LogP) is -1.24. The normalized spacial score (nSPS) is 13.6. The maximum Gasteiger partial charge on any atom is 0.215 e. The zero-order valence-electron chi connectivity index (χ0n) is 9.02. The highest BCUT2D eigenvalue weighted by Gasteiger charge is 2.30. The molecule has 84 valence electrons. The second kappa shape index (κ2) is 5.10. The van der Waals surface area contributed by atoms with Crippen molar-refractivity contribution >= 4 is 0 Å². The van der Waals surface area contributed by atoms with E-state index in [9.17, 15) is 5.11 Å². The first-order valence-electron chi connectivity index (χ1n) is 4.96. The van der Waals surface area contributed by atoms with Crippen molar-refractivity contribution in [3.05, 3.63) is 66.0 Å². The quantitative estimate of drug-likeness (QED) is 0.695. The molecule has 1 aromatic carbocycles. The van der Waals surface area contributed by atoms with Crippen molar-refractivity contribution < 1.29 is 22.5 Å². The van der Waals surface area contributed by atoms with Crippen LogP contribution in [-0.4, -0.2) is 5.11 Å². The summed E-state index contributed by atoms with van der Waals surface area (Å²) in [5, 5.41) is 10.4. The lowest BCUT2D eigenvalue weighted by Crippen LogP contribution is -3.00. The van der Waals surface area contributed by atoms with E-state index in [-0.39, 0.29) is 12.4 Å². The molecule has 0 bridgehead atoms. The standard InChI is InChI=1S/C13H13NO.ClH/c1-13(15,11-7-3-2-4-8-11)12-9-5-6-10-14-12;/h2-10,15H,1H3;1H. The van der Waals surface area contributed by atoms with Gasteiger partial charge in [-0.3, -0.25) is 0 Å². The van der Waals surface area contributed by atoms with Crippen LogP contribution in [0.2, 0.25) is 0 Å². The lowest BCUT2D eigenvalue weighted by Gasteiger charge is -2.19. The van der Waals surface area contributed by atoms with Crippen LogP contribution in [-0.2, 0) is 5.60 Å². The van der Waals surface area contributed by atoms with E-state index in [0.29, 0.717) is 0 Å². The van der Waals surface area contributed by atoms with Crippen LogP contribution in [0, 0.1) is 0 Å². The monoisotopic (exact) mass is 235 g/mol. The Bertz CT molecular complexity index is 387. The van der Waals surface area contributed by atoms with E-state index in [2.05, 4.69) is 4.98 Å². The number of H-pyrrole nitrogens is 1.